The Balaban J connectivity index is 2.39. The molecule has 0 aliphatic rings. The van der Waals surface area contributed by atoms with Crippen LogP contribution in [0.1, 0.15) is 34.7 Å². The number of halogens is 2. The standard InChI is InChI=1S/C15H17F2NS/c1-3-8-18-15(14-7-4-10(2)19-14)12-9-11(16)5-6-13(12)17/h4-7,9,15,18H,3,8H2,1-2H3. The molecular formula is C15H17F2NS. The van der Waals surface area contributed by atoms with E-state index in [1.807, 2.05) is 26.0 Å². The predicted octanol–water partition coefficient (Wildman–Crippen LogP) is 4.42. The number of benzene rings is 1. The third-order valence-corrected chi connectivity index (χ3v) is 3.98. The van der Waals surface area contributed by atoms with E-state index in [-0.39, 0.29) is 11.9 Å². The molecule has 1 heterocycles. The van der Waals surface area contributed by atoms with Gasteiger partial charge in [-0.2, -0.15) is 0 Å². The molecule has 0 radical (unpaired) electrons. The van der Waals surface area contributed by atoms with Crippen molar-refractivity contribution in [2.24, 2.45) is 0 Å². The molecule has 4 heteroatoms. The third-order valence-electron chi connectivity index (χ3n) is 2.91. The van der Waals surface area contributed by atoms with Gasteiger partial charge < -0.3 is 5.32 Å². The molecule has 0 aliphatic carbocycles. The maximum Gasteiger partial charge on any atom is 0.128 e. The van der Waals surface area contributed by atoms with Gasteiger partial charge in [0.25, 0.3) is 0 Å². The topological polar surface area (TPSA) is 12.0 Å². The molecule has 102 valence electrons. The lowest BCUT2D eigenvalue weighted by atomic mass is 10.0. The molecular weight excluding hydrogens is 264 g/mol. The summed E-state index contributed by atoms with van der Waals surface area (Å²) in [7, 11) is 0. The van der Waals surface area contributed by atoms with Crippen molar-refractivity contribution in [1.82, 2.24) is 5.32 Å². The van der Waals surface area contributed by atoms with Crippen molar-refractivity contribution in [3.8, 4) is 0 Å². The van der Waals surface area contributed by atoms with Gasteiger partial charge in [0.1, 0.15) is 11.6 Å². The number of rotatable bonds is 5. The number of thiophene rings is 1. The van der Waals surface area contributed by atoms with Gasteiger partial charge in [0.2, 0.25) is 0 Å². The molecule has 0 spiro atoms. The average molecular weight is 281 g/mol. The molecule has 1 aromatic heterocycles. The van der Waals surface area contributed by atoms with Crippen LogP contribution in [0.2, 0.25) is 0 Å². The Morgan fingerprint density at radius 3 is 2.63 bits per heavy atom. The second-order valence-corrected chi connectivity index (χ2v) is 5.82. The Kier molecular flexibility index (Phi) is 4.66. The molecule has 0 aliphatic heterocycles. The minimum atomic E-state index is -0.409. The van der Waals surface area contributed by atoms with Crippen LogP contribution in [0.3, 0.4) is 0 Å². The normalized spacial score (nSPS) is 12.6. The van der Waals surface area contributed by atoms with Gasteiger partial charge >= 0.3 is 0 Å². The van der Waals surface area contributed by atoms with Gasteiger partial charge in [-0.1, -0.05) is 6.92 Å². The predicted molar refractivity (Wildman–Crippen MR) is 75.6 cm³/mol. The van der Waals surface area contributed by atoms with Gasteiger partial charge in [0, 0.05) is 15.3 Å². The van der Waals surface area contributed by atoms with Crippen molar-refractivity contribution >= 4 is 11.3 Å². The second kappa shape index (κ2) is 6.26. The van der Waals surface area contributed by atoms with E-state index in [1.165, 1.54) is 12.1 Å². The van der Waals surface area contributed by atoms with Crippen LogP contribution in [-0.4, -0.2) is 6.54 Å². The zero-order chi connectivity index (χ0) is 13.8. The number of nitrogens with one attached hydrogen (secondary N) is 1. The largest absolute Gasteiger partial charge is 0.306 e. The van der Waals surface area contributed by atoms with Crippen LogP contribution in [0.4, 0.5) is 8.78 Å². The Bertz CT molecular complexity index is 551. The van der Waals surface area contributed by atoms with E-state index in [1.54, 1.807) is 11.3 Å². The van der Waals surface area contributed by atoms with Crippen molar-refractivity contribution in [1.29, 1.82) is 0 Å². The summed E-state index contributed by atoms with van der Waals surface area (Å²) < 4.78 is 27.3. The van der Waals surface area contributed by atoms with Gasteiger partial charge in [-0.25, -0.2) is 8.78 Å². The van der Waals surface area contributed by atoms with Gasteiger partial charge in [-0.15, -0.1) is 11.3 Å². The van der Waals surface area contributed by atoms with Crippen LogP contribution in [0.15, 0.2) is 30.3 Å². The highest BCUT2D eigenvalue weighted by molar-refractivity contribution is 7.12. The van der Waals surface area contributed by atoms with E-state index in [9.17, 15) is 8.78 Å². The molecule has 1 atom stereocenters. The van der Waals surface area contributed by atoms with Crippen LogP contribution in [0.5, 0.6) is 0 Å². The van der Waals surface area contributed by atoms with Gasteiger partial charge in [0.15, 0.2) is 0 Å². The second-order valence-electron chi connectivity index (χ2n) is 4.50. The number of hydrogen-bond donors (Lipinski definition) is 1. The van der Waals surface area contributed by atoms with E-state index < -0.39 is 5.82 Å². The molecule has 19 heavy (non-hydrogen) atoms. The van der Waals surface area contributed by atoms with Crippen molar-refractivity contribution in [3.63, 3.8) is 0 Å². The fourth-order valence-electron chi connectivity index (χ4n) is 2.00. The molecule has 1 aromatic carbocycles. The van der Waals surface area contributed by atoms with E-state index in [4.69, 9.17) is 0 Å². The molecule has 0 amide bonds. The lowest BCUT2D eigenvalue weighted by Gasteiger charge is -2.18. The average Bonchev–Trinajstić information content (AvgIpc) is 2.80. The summed E-state index contributed by atoms with van der Waals surface area (Å²) in [4.78, 5) is 2.17. The molecule has 0 bridgehead atoms. The maximum absolute atomic E-state index is 13.9. The van der Waals surface area contributed by atoms with Crippen molar-refractivity contribution in [2.75, 3.05) is 6.54 Å². The molecule has 0 fully saturated rings. The molecule has 2 aromatic rings. The third kappa shape index (κ3) is 3.39. The number of aryl methyl sites for hydroxylation is 1. The lowest BCUT2D eigenvalue weighted by molar-refractivity contribution is 0.539. The summed E-state index contributed by atoms with van der Waals surface area (Å²) in [6.45, 7) is 4.82. The first-order valence-corrected chi connectivity index (χ1v) is 7.18. The Morgan fingerprint density at radius 2 is 2.00 bits per heavy atom. The molecule has 1 nitrogen and oxygen atoms in total. The first-order valence-electron chi connectivity index (χ1n) is 6.36. The monoisotopic (exact) mass is 281 g/mol. The Labute approximate surface area is 116 Å². The highest BCUT2D eigenvalue weighted by atomic mass is 32.1. The van der Waals surface area contributed by atoms with Crippen LogP contribution >= 0.6 is 11.3 Å². The summed E-state index contributed by atoms with van der Waals surface area (Å²) in [5.74, 6) is -0.783. The molecule has 0 saturated carbocycles. The van der Waals surface area contributed by atoms with Crippen LogP contribution in [0.25, 0.3) is 0 Å². The smallest absolute Gasteiger partial charge is 0.128 e. The minimum Gasteiger partial charge on any atom is -0.306 e. The van der Waals surface area contributed by atoms with Crippen molar-refractivity contribution < 1.29 is 8.78 Å². The first-order chi connectivity index (χ1) is 9.11. The summed E-state index contributed by atoms with van der Waals surface area (Å²) in [6.07, 6.45) is 0.942. The van der Waals surface area contributed by atoms with Crippen LogP contribution < -0.4 is 5.32 Å². The van der Waals surface area contributed by atoms with E-state index in [0.29, 0.717) is 5.56 Å². The van der Waals surface area contributed by atoms with E-state index >= 15 is 0 Å². The SMILES string of the molecule is CCCNC(c1ccc(C)s1)c1cc(F)ccc1F. The van der Waals surface area contributed by atoms with E-state index in [0.717, 1.165) is 28.8 Å². The highest BCUT2D eigenvalue weighted by Crippen LogP contribution is 2.30. The first kappa shape index (κ1) is 14.2. The zero-order valence-corrected chi connectivity index (χ0v) is 11.9. The van der Waals surface area contributed by atoms with Crippen molar-refractivity contribution in [3.05, 3.63) is 57.3 Å². The van der Waals surface area contributed by atoms with Crippen LogP contribution in [-0.2, 0) is 0 Å². The maximum atomic E-state index is 13.9. The molecule has 0 saturated heterocycles. The van der Waals surface area contributed by atoms with Gasteiger partial charge in [-0.05, 0) is 50.2 Å². The summed E-state index contributed by atoms with van der Waals surface area (Å²) in [5.41, 5.74) is 0.371. The molecule has 2 rings (SSSR count). The summed E-state index contributed by atoms with van der Waals surface area (Å²) >= 11 is 1.60. The zero-order valence-electron chi connectivity index (χ0n) is 11.0. The quantitative estimate of drug-likeness (QED) is 0.855. The van der Waals surface area contributed by atoms with E-state index in [2.05, 4.69) is 5.32 Å². The Morgan fingerprint density at radius 1 is 1.21 bits per heavy atom. The molecule has 1 unspecified atom stereocenters. The summed E-state index contributed by atoms with van der Waals surface area (Å²) in [6, 6.07) is 7.29. The fraction of sp³-hybridized carbons (Fsp3) is 0.333. The van der Waals surface area contributed by atoms with Gasteiger partial charge in [-0.3, -0.25) is 0 Å². The summed E-state index contributed by atoms with van der Waals surface area (Å²) in [5, 5.41) is 3.29. The highest BCUT2D eigenvalue weighted by Gasteiger charge is 2.19. The van der Waals surface area contributed by atoms with Gasteiger partial charge in [0.05, 0.1) is 6.04 Å². The Hall–Kier alpha value is -1.26. The minimum absolute atomic E-state index is 0.283. The molecule has 1 N–H and O–H groups in total. The number of hydrogen-bond acceptors (Lipinski definition) is 2. The fourth-order valence-corrected chi connectivity index (χ4v) is 2.97. The lowest BCUT2D eigenvalue weighted by Crippen LogP contribution is -2.23. The van der Waals surface area contributed by atoms with Crippen molar-refractivity contribution in [2.45, 2.75) is 26.3 Å². The van der Waals surface area contributed by atoms with Crippen LogP contribution in [0, 0.1) is 18.6 Å².